The van der Waals surface area contributed by atoms with Gasteiger partial charge in [-0.15, -0.1) is 11.3 Å². The van der Waals surface area contributed by atoms with Gasteiger partial charge in [0.2, 0.25) is 0 Å². The molecule has 2 aromatic carbocycles. The Balaban J connectivity index is 1.59. The van der Waals surface area contributed by atoms with Crippen molar-refractivity contribution in [3.63, 3.8) is 0 Å². The Morgan fingerprint density at radius 1 is 0.893 bits per heavy atom. The molecule has 0 radical (unpaired) electrons. The molecule has 3 aromatic heterocycles. The van der Waals surface area contributed by atoms with Gasteiger partial charge in [0, 0.05) is 10.3 Å². The second-order valence-electron chi connectivity index (χ2n) is 6.42. The van der Waals surface area contributed by atoms with E-state index in [-0.39, 0.29) is 5.91 Å². The number of thiophene rings is 1. The van der Waals surface area contributed by atoms with E-state index in [4.69, 9.17) is 4.98 Å². The van der Waals surface area contributed by atoms with Crippen LogP contribution in [0.15, 0.2) is 66.7 Å². The van der Waals surface area contributed by atoms with Gasteiger partial charge in [0.25, 0.3) is 5.91 Å². The van der Waals surface area contributed by atoms with E-state index in [0.717, 1.165) is 31.7 Å². The lowest BCUT2D eigenvalue weighted by atomic mass is 10.1. The van der Waals surface area contributed by atoms with Crippen molar-refractivity contribution in [1.29, 1.82) is 0 Å². The van der Waals surface area contributed by atoms with Gasteiger partial charge in [-0.1, -0.05) is 41.7 Å². The molecule has 0 aliphatic rings. The molecule has 136 valence electrons. The summed E-state index contributed by atoms with van der Waals surface area (Å²) in [4.78, 5) is 24.7. The Hall–Kier alpha value is -3.09. The van der Waals surface area contributed by atoms with Crippen molar-refractivity contribution in [1.82, 2.24) is 9.97 Å². The van der Waals surface area contributed by atoms with Gasteiger partial charge in [-0.25, -0.2) is 9.97 Å². The molecule has 1 amide bonds. The minimum Gasteiger partial charge on any atom is -0.298 e. The zero-order valence-electron chi connectivity index (χ0n) is 15.0. The van der Waals surface area contributed by atoms with E-state index in [1.807, 2.05) is 60.7 Å². The van der Waals surface area contributed by atoms with Crippen molar-refractivity contribution in [2.75, 3.05) is 5.32 Å². The van der Waals surface area contributed by atoms with Gasteiger partial charge in [-0.2, -0.15) is 0 Å². The highest BCUT2D eigenvalue weighted by molar-refractivity contribution is 7.22. The zero-order valence-corrected chi connectivity index (χ0v) is 16.6. The molecule has 6 heteroatoms. The fourth-order valence-electron chi connectivity index (χ4n) is 3.15. The van der Waals surface area contributed by atoms with E-state index >= 15 is 0 Å². The molecule has 0 unspecified atom stereocenters. The van der Waals surface area contributed by atoms with Crippen LogP contribution in [-0.2, 0) is 0 Å². The third-order valence-electron chi connectivity index (χ3n) is 4.47. The summed E-state index contributed by atoms with van der Waals surface area (Å²) in [5.41, 5.74) is 3.11. The highest BCUT2D eigenvalue weighted by Gasteiger charge is 2.16. The molecule has 0 saturated carbocycles. The van der Waals surface area contributed by atoms with Crippen LogP contribution in [0.5, 0.6) is 0 Å². The molecular formula is C22H15N3OS2. The summed E-state index contributed by atoms with van der Waals surface area (Å²) in [6, 6.07) is 21.6. The van der Waals surface area contributed by atoms with Crippen LogP contribution in [0.3, 0.4) is 0 Å². The van der Waals surface area contributed by atoms with Crippen molar-refractivity contribution in [2.45, 2.75) is 6.92 Å². The zero-order chi connectivity index (χ0) is 19.1. The maximum Gasteiger partial charge on any atom is 0.258 e. The molecule has 4 nitrogen and oxygen atoms in total. The molecule has 1 N–H and O–H groups in total. The minimum absolute atomic E-state index is 0.174. The first kappa shape index (κ1) is 17.0. The van der Waals surface area contributed by atoms with Gasteiger partial charge < -0.3 is 0 Å². The van der Waals surface area contributed by atoms with Crippen molar-refractivity contribution in [3.8, 4) is 10.6 Å². The molecule has 0 fully saturated rings. The second kappa shape index (κ2) is 6.82. The average molecular weight is 402 g/mol. The molecular weight excluding hydrogens is 386 g/mol. The van der Waals surface area contributed by atoms with Crippen LogP contribution in [0.4, 0.5) is 5.13 Å². The number of rotatable bonds is 3. The van der Waals surface area contributed by atoms with Gasteiger partial charge in [0.15, 0.2) is 5.13 Å². The first-order chi connectivity index (χ1) is 13.7. The smallest absolute Gasteiger partial charge is 0.258 e. The number of thiazole rings is 1. The molecule has 3 heterocycles. The number of carbonyl (C=O) groups is 1. The van der Waals surface area contributed by atoms with Crippen LogP contribution in [0.25, 0.3) is 31.7 Å². The third kappa shape index (κ3) is 3.06. The van der Waals surface area contributed by atoms with Gasteiger partial charge in [0.05, 0.1) is 31.9 Å². The predicted molar refractivity (Wildman–Crippen MR) is 117 cm³/mol. The number of aryl methyl sites for hydroxylation is 1. The van der Waals surface area contributed by atoms with Crippen LogP contribution in [0.2, 0.25) is 0 Å². The highest BCUT2D eigenvalue weighted by atomic mass is 32.1. The summed E-state index contributed by atoms with van der Waals surface area (Å²) in [7, 11) is 0. The largest absolute Gasteiger partial charge is 0.298 e. The van der Waals surface area contributed by atoms with E-state index in [1.165, 1.54) is 16.2 Å². The predicted octanol–water partition coefficient (Wildman–Crippen LogP) is 6.13. The first-order valence-electron chi connectivity index (χ1n) is 8.81. The maximum atomic E-state index is 13.1. The fourth-order valence-corrected chi connectivity index (χ4v) is 4.84. The van der Waals surface area contributed by atoms with E-state index in [0.29, 0.717) is 10.7 Å². The molecule has 0 spiro atoms. The van der Waals surface area contributed by atoms with Crippen molar-refractivity contribution in [2.24, 2.45) is 0 Å². The maximum absolute atomic E-state index is 13.1. The number of nitrogens with zero attached hydrogens (tertiary/aromatic N) is 2. The number of fused-ring (bicyclic) bond motifs is 2. The number of hydrogen-bond acceptors (Lipinski definition) is 5. The Labute approximate surface area is 169 Å². The number of aromatic nitrogens is 2. The van der Waals surface area contributed by atoms with E-state index < -0.39 is 0 Å². The molecule has 0 bridgehead atoms. The lowest BCUT2D eigenvalue weighted by Gasteiger charge is -2.08. The molecule has 0 aliphatic heterocycles. The fraction of sp³-hybridized carbons (Fsp3) is 0.0455. The first-order valence-corrected chi connectivity index (χ1v) is 10.4. The van der Waals surface area contributed by atoms with Crippen LogP contribution >= 0.6 is 22.7 Å². The Morgan fingerprint density at radius 3 is 2.46 bits per heavy atom. The summed E-state index contributed by atoms with van der Waals surface area (Å²) >= 11 is 3.15. The number of amides is 1. The van der Waals surface area contributed by atoms with Crippen molar-refractivity contribution < 1.29 is 4.79 Å². The van der Waals surface area contributed by atoms with Crippen molar-refractivity contribution >= 4 is 54.8 Å². The van der Waals surface area contributed by atoms with Gasteiger partial charge >= 0.3 is 0 Å². The lowest BCUT2D eigenvalue weighted by molar-refractivity contribution is 0.102. The topological polar surface area (TPSA) is 54.9 Å². The molecule has 0 saturated heterocycles. The minimum atomic E-state index is -0.174. The van der Waals surface area contributed by atoms with E-state index in [1.54, 1.807) is 11.3 Å². The molecule has 28 heavy (non-hydrogen) atoms. The van der Waals surface area contributed by atoms with Crippen LogP contribution in [-0.4, -0.2) is 15.9 Å². The number of para-hydroxylation sites is 2. The number of benzene rings is 2. The Morgan fingerprint density at radius 2 is 1.68 bits per heavy atom. The van der Waals surface area contributed by atoms with Gasteiger partial charge in [0.1, 0.15) is 0 Å². The van der Waals surface area contributed by atoms with Crippen LogP contribution in [0, 0.1) is 6.92 Å². The highest BCUT2D eigenvalue weighted by Crippen LogP contribution is 2.31. The lowest BCUT2D eigenvalue weighted by Crippen LogP contribution is -2.12. The second-order valence-corrected chi connectivity index (χ2v) is 8.74. The quantitative estimate of drug-likeness (QED) is 0.395. The summed E-state index contributed by atoms with van der Waals surface area (Å²) in [6.07, 6.45) is 0. The normalized spacial score (nSPS) is 11.2. The van der Waals surface area contributed by atoms with E-state index in [2.05, 4.69) is 23.3 Å². The SMILES string of the molecule is Cc1ccc(-c2cc(C(=O)Nc3nc4ccccc4s3)c3ccccc3n2)s1. The number of carbonyl (C=O) groups excluding carboxylic acids is 1. The third-order valence-corrected chi connectivity index (χ3v) is 6.44. The summed E-state index contributed by atoms with van der Waals surface area (Å²) in [6.45, 7) is 2.07. The van der Waals surface area contributed by atoms with E-state index in [9.17, 15) is 4.79 Å². The summed E-state index contributed by atoms with van der Waals surface area (Å²) in [5.74, 6) is -0.174. The number of pyridine rings is 1. The molecule has 0 atom stereocenters. The average Bonchev–Trinajstić information content (AvgIpc) is 3.32. The Bertz CT molecular complexity index is 1300. The van der Waals surface area contributed by atoms with Gasteiger partial charge in [-0.05, 0) is 43.3 Å². The number of anilines is 1. The monoisotopic (exact) mass is 401 g/mol. The molecule has 0 aliphatic carbocycles. The van der Waals surface area contributed by atoms with Crippen molar-refractivity contribution in [3.05, 3.63) is 77.2 Å². The Kier molecular flexibility index (Phi) is 4.15. The summed E-state index contributed by atoms with van der Waals surface area (Å²) < 4.78 is 1.05. The number of hydrogen-bond donors (Lipinski definition) is 1. The number of nitrogens with one attached hydrogen (secondary N) is 1. The van der Waals surface area contributed by atoms with Crippen LogP contribution in [0.1, 0.15) is 15.2 Å². The summed E-state index contributed by atoms with van der Waals surface area (Å²) in [5, 5.41) is 4.40. The molecule has 5 rings (SSSR count). The van der Waals surface area contributed by atoms with Crippen LogP contribution < -0.4 is 5.32 Å². The molecule has 5 aromatic rings. The van der Waals surface area contributed by atoms with Gasteiger partial charge in [-0.3, -0.25) is 10.1 Å². The standard InChI is InChI=1S/C22H15N3OS2/c1-13-10-11-20(27-13)18-12-15(14-6-2-3-7-16(14)23-18)21(26)25-22-24-17-8-4-5-9-19(17)28-22/h2-12H,1H3,(H,24,25,26).